The third-order valence-corrected chi connectivity index (χ3v) is 5.21. The molecule has 1 aliphatic rings. The monoisotopic (exact) mass is 353 g/mol. The number of hydrogen-bond acceptors (Lipinski definition) is 4. The topological polar surface area (TPSA) is 58.4 Å². The molecule has 138 valence electrons. The van der Waals surface area contributed by atoms with Crippen LogP contribution in [0.25, 0.3) is 0 Å². The lowest BCUT2D eigenvalue weighted by atomic mass is 10.0. The molecule has 2 aromatic rings. The number of nitrogens with one attached hydrogen (secondary N) is 1. The van der Waals surface area contributed by atoms with E-state index in [9.17, 15) is 10.1 Å². The van der Waals surface area contributed by atoms with E-state index in [-0.39, 0.29) is 10.6 Å². The van der Waals surface area contributed by atoms with Crippen molar-refractivity contribution < 1.29 is 4.92 Å². The van der Waals surface area contributed by atoms with Gasteiger partial charge in [0.15, 0.2) is 0 Å². The number of nitro benzene ring substituents is 1. The van der Waals surface area contributed by atoms with Gasteiger partial charge < -0.3 is 10.2 Å². The first-order valence-electron chi connectivity index (χ1n) is 9.31. The molecule has 1 saturated heterocycles. The Morgan fingerprint density at radius 1 is 1.19 bits per heavy atom. The molecule has 0 bridgehead atoms. The van der Waals surface area contributed by atoms with Crippen molar-refractivity contribution in [2.75, 3.05) is 16.8 Å². The smallest absolute Gasteiger partial charge is 0.292 e. The summed E-state index contributed by atoms with van der Waals surface area (Å²) in [6.07, 6.45) is 3.38. The molecular formula is C21H27N3O2. The molecule has 1 N–H and O–H groups in total. The zero-order valence-corrected chi connectivity index (χ0v) is 15.8. The Balaban J connectivity index is 1.81. The highest BCUT2D eigenvalue weighted by Gasteiger charge is 2.25. The normalized spacial score (nSPS) is 17.2. The first-order valence-corrected chi connectivity index (χ1v) is 9.31. The van der Waals surface area contributed by atoms with Gasteiger partial charge in [-0.1, -0.05) is 23.8 Å². The summed E-state index contributed by atoms with van der Waals surface area (Å²) < 4.78 is 0. The predicted octanol–water partition coefficient (Wildman–Crippen LogP) is 5.20. The molecule has 0 saturated carbocycles. The van der Waals surface area contributed by atoms with Gasteiger partial charge in [0, 0.05) is 30.9 Å². The molecule has 0 radical (unpaired) electrons. The maximum atomic E-state index is 11.6. The molecule has 0 aliphatic carbocycles. The number of aryl methyl sites for hydroxylation is 2. The molecule has 1 atom stereocenters. The SMILES string of the molecule is Cc1ccc(NCc2ccc(N3CCCC[C@H]3C)c([N+](=O)[O-])c2)c(C)c1. The zero-order chi connectivity index (χ0) is 18.7. The third kappa shape index (κ3) is 3.98. The molecule has 0 unspecified atom stereocenters. The second kappa shape index (κ2) is 7.77. The van der Waals surface area contributed by atoms with Crippen LogP contribution in [-0.2, 0) is 6.54 Å². The molecule has 0 spiro atoms. The summed E-state index contributed by atoms with van der Waals surface area (Å²) in [6, 6.07) is 12.2. The Morgan fingerprint density at radius 2 is 2.00 bits per heavy atom. The van der Waals surface area contributed by atoms with E-state index in [0.717, 1.165) is 36.3 Å². The first-order chi connectivity index (χ1) is 12.5. The van der Waals surface area contributed by atoms with Crippen LogP contribution in [0.1, 0.15) is 42.9 Å². The van der Waals surface area contributed by atoms with Gasteiger partial charge in [0.1, 0.15) is 5.69 Å². The van der Waals surface area contributed by atoms with Crippen LogP contribution in [0.2, 0.25) is 0 Å². The average molecular weight is 353 g/mol. The average Bonchev–Trinajstić information content (AvgIpc) is 2.61. The largest absolute Gasteiger partial charge is 0.381 e. The second-order valence-electron chi connectivity index (χ2n) is 7.29. The fraction of sp³-hybridized carbons (Fsp3) is 0.429. The van der Waals surface area contributed by atoms with E-state index in [4.69, 9.17) is 0 Å². The maximum Gasteiger partial charge on any atom is 0.292 e. The number of piperidine rings is 1. The van der Waals surface area contributed by atoms with E-state index in [1.165, 1.54) is 17.5 Å². The number of anilines is 2. The Bertz CT molecular complexity index is 804. The lowest BCUT2D eigenvalue weighted by molar-refractivity contribution is -0.384. The van der Waals surface area contributed by atoms with Crippen LogP contribution < -0.4 is 10.2 Å². The van der Waals surface area contributed by atoms with Crippen molar-refractivity contribution in [1.82, 2.24) is 0 Å². The van der Waals surface area contributed by atoms with Gasteiger partial charge in [0.2, 0.25) is 0 Å². The van der Waals surface area contributed by atoms with E-state index in [1.54, 1.807) is 6.07 Å². The van der Waals surface area contributed by atoms with E-state index in [0.29, 0.717) is 12.6 Å². The molecular weight excluding hydrogens is 326 g/mol. The van der Waals surface area contributed by atoms with Crippen LogP contribution in [-0.4, -0.2) is 17.5 Å². The minimum Gasteiger partial charge on any atom is -0.381 e. The summed E-state index contributed by atoms with van der Waals surface area (Å²) >= 11 is 0. The first kappa shape index (κ1) is 18.2. The molecule has 26 heavy (non-hydrogen) atoms. The van der Waals surface area contributed by atoms with E-state index >= 15 is 0 Å². The number of benzene rings is 2. The van der Waals surface area contributed by atoms with Crippen molar-refractivity contribution in [3.8, 4) is 0 Å². The lowest BCUT2D eigenvalue weighted by Gasteiger charge is -2.35. The number of nitro groups is 1. The second-order valence-corrected chi connectivity index (χ2v) is 7.29. The summed E-state index contributed by atoms with van der Waals surface area (Å²) in [5, 5.41) is 15.0. The highest BCUT2D eigenvalue weighted by molar-refractivity contribution is 5.65. The maximum absolute atomic E-state index is 11.6. The van der Waals surface area contributed by atoms with Crippen LogP contribution >= 0.6 is 0 Å². The van der Waals surface area contributed by atoms with Gasteiger partial charge in [-0.25, -0.2) is 0 Å². The van der Waals surface area contributed by atoms with Gasteiger partial charge in [0.05, 0.1) is 4.92 Å². The number of hydrogen-bond donors (Lipinski definition) is 1. The van der Waals surface area contributed by atoms with Gasteiger partial charge in [-0.2, -0.15) is 0 Å². The van der Waals surface area contributed by atoms with Crippen molar-refractivity contribution in [3.05, 3.63) is 63.2 Å². The number of rotatable bonds is 5. The molecule has 0 aromatic heterocycles. The minimum absolute atomic E-state index is 0.207. The van der Waals surface area contributed by atoms with Crippen molar-refractivity contribution in [3.63, 3.8) is 0 Å². The minimum atomic E-state index is -0.253. The predicted molar refractivity (Wildman–Crippen MR) is 107 cm³/mol. The van der Waals surface area contributed by atoms with Gasteiger partial charge in [-0.3, -0.25) is 10.1 Å². The molecule has 3 rings (SSSR count). The molecule has 1 fully saturated rings. The van der Waals surface area contributed by atoms with Gasteiger partial charge >= 0.3 is 0 Å². The van der Waals surface area contributed by atoms with Crippen molar-refractivity contribution >= 4 is 17.1 Å². The van der Waals surface area contributed by atoms with Crippen LogP contribution in [0, 0.1) is 24.0 Å². The highest BCUT2D eigenvalue weighted by Crippen LogP contribution is 2.34. The van der Waals surface area contributed by atoms with Gasteiger partial charge in [0.25, 0.3) is 5.69 Å². The van der Waals surface area contributed by atoms with Crippen LogP contribution in [0.5, 0.6) is 0 Å². The highest BCUT2D eigenvalue weighted by atomic mass is 16.6. The summed E-state index contributed by atoms with van der Waals surface area (Å²) in [5.74, 6) is 0. The van der Waals surface area contributed by atoms with Crippen LogP contribution in [0.4, 0.5) is 17.1 Å². The van der Waals surface area contributed by atoms with Crippen LogP contribution in [0.3, 0.4) is 0 Å². The Labute approximate surface area is 155 Å². The van der Waals surface area contributed by atoms with Crippen molar-refractivity contribution in [1.29, 1.82) is 0 Å². The molecule has 0 amide bonds. The Morgan fingerprint density at radius 3 is 2.69 bits per heavy atom. The van der Waals surface area contributed by atoms with E-state index in [1.807, 2.05) is 12.1 Å². The third-order valence-electron chi connectivity index (χ3n) is 5.21. The fourth-order valence-corrected chi connectivity index (χ4v) is 3.73. The molecule has 1 heterocycles. The lowest BCUT2D eigenvalue weighted by Crippen LogP contribution is -2.37. The van der Waals surface area contributed by atoms with E-state index < -0.39 is 0 Å². The molecule has 2 aromatic carbocycles. The summed E-state index contributed by atoms with van der Waals surface area (Å²) in [5.41, 5.74) is 5.34. The molecule has 1 aliphatic heterocycles. The number of nitrogens with zero attached hydrogens (tertiary/aromatic N) is 2. The quantitative estimate of drug-likeness (QED) is 0.593. The van der Waals surface area contributed by atoms with Gasteiger partial charge in [-0.05, 0) is 63.3 Å². The van der Waals surface area contributed by atoms with Crippen LogP contribution in [0.15, 0.2) is 36.4 Å². The van der Waals surface area contributed by atoms with Crippen molar-refractivity contribution in [2.45, 2.75) is 52.6 Å². The summed E-state index contributed by atoms with van der Waals surface area (Å²) in [4.78, 5) is 13.6. The Kier molecular flexibility index (Phi) is 5.45. The summed E-state index contributed by atoms with van der Waals surface area (Å²) in [6.45, 7) is 7.75. The molecule has 5 heteroatoms. The van der Waals surface area contributed by atoms with Crippen molar-refractivity contribution in [2.24, 2.45) is 0 Å². The zero-order valence-electron chi connectivity index (χ0n) is 15.8. The summed E-state index contributed by atoms with van der Waals surface area (Å²) in [7, 11) is 0. The Hall–Kier alpha value is -2.56. The van der Waals surface area contributed by atoms with E-state index in [2.05, 4.69) is 49.2 Å². The molecule has 5 nitrogen and oxygen atoms in total. The van der Waals surface area contributed by atoms with Gasteiger partial charge in [-0.15, -0.1) is 0 Å². The standard InChI is InChI=1S/C21H27N3O2/c1-15-7-9-19(16(2)12-15)22-14-18-8-10-20(21(13-18)24(25)26)23-11-5-4-6-17(23)3/h7-10,12-13,17,22H,4-6,11,14H2,1-3H3/t17-/m1/s1. The fourth-order valence-electron chi connectivity index (χ4n) is 3.73.